The first kappa shape index (κ1) is 21.8. The van der Waals surface area contributed by atoms with Crippen molar-refractivity contribution in [1.82, 2.24) is 14.8 Å². The van der Waals surface area contributed by atoms with Crippen LogP contribution < -0.4 is 5.32 Å². The van der Waals surface area contributed by atoms with Gasteiger partial charge in [-0.3, -0.25) is 9.36 Å². The number of amides is 1. The molecule has 31 heavy (non-hydrogen) atoms. The fourth-order valence-corrected chi connectivity index (χ4v) is 4.29. The van der Waals surface area contributed by atoms with Gasteiger partial charge in [-0.1, -0.05) is 52.6 Å². The first-order chi connectivity index (χ1) is 14.9. The fourth-order valence-electron chi connectivity index (χ4n) is 2.90. The number of carbonyl (C=O) groups is 1. The number of nitrogens with zero attached hydrogens (tertiary/aromatic N) is 3. The van der Waals surface area contributed by atoms with Crippen molar-refractivity contribution in [3.05, 3.63) is 70.2 Å². The van der Waals surface area contributed by atoms with E-state index in [4.69, 9.17) is 39.2 Å². The van der Waals surface area contributed by atoms with Gasteiger partial charge in [0.1, 0.15) is 5.58 Å². The van der Waals surface area contributed by atoms with Gasteiger partial charge in [-0.15, -0.1) is 16.8 Å². The van der Waals surface area contributed by atoms with Gasteiger partial charge in [0.15, 0.2) is 10.9 Å². The predicted octanol–water partition coefficient (Wildman–Crippen LogP) is 6.57. The van der Waals surface area contributed by atoms with E-state index in [1.807, 2.05) is 16.7 Å². The molecule has 0 atom stereocenters. The highest BCUT2D eigenvalue weighted by Gasteiger charge is 2.18. The number of aromatic nitrogens is 3. The summed E-state index contributed by atoms with van der Waals surface area (Å²) in [6.45, 7) is 4.25. The molecule has 0 aliphatic carbocycles. The lowest BCUT2D eigenvalue weighted by Gasteiger charge is -2.08. The largest absolute Gasteiger partial charge is 0.453 e. The summed E-state index contributed by atoms with van der Waals surface area (Å²) in [4.78, 5) is 12.4. The number of anilines is 1. The Hall–Kier alpha value is -2.45. The number of rotatable bonds is 7. The van der Waals surface area contributed by atoms with Gasteiger partial charge in [0.2, 0.25) is 11.7 Å². The quantitative estimate of drug-likeness (QED) is 0.233. The number of thioether (sulfide) groups is 1. The number of hydrogen-bond donors (Lipinski definition) is 1. The van der Waals surface area contributed by atoms with Crippen molar-refractivity contribution in [3.63, 3.8) is 0 Å². The lowest BCUT2D eigenvalue weighted by molar-refractivity contribution is -0.113. The molecule has 1 N–H and O–H groups in total. The van der Waals surface area contributed by atoms with Crippen LogP contribution in [0.5, 0.6) is 0 Å². The molecule has 158 valence electrons. The Morgan fingerprint density at radius 1 is 1.13 bits per heavy atom. The zero-order valence-corrected chi connectivity index (χ0v) is 19.0. The molecule has 4 aromatic rings. The second kappa shape index (κ2) is 9.36. The highest BCUT2D eigenvalue weighted by Crippen LogP contribution is 2.31. The van der Waals surface area contributed by atoms with Gasteiger partial charge in [0.25, 0.3) is 0 Å². The van der Waals surface area contributed by atoms with E-state index in [1.54, 1.807) is 36.4 Å². The summed E-state index contributed by atoms with van der Waals surface area (Å²) in [5, 5.41) is 14.2. The number of allylic oxidation sites excluding steroid dienone is 1. The second-order valence-electron chi connectivity index (χ2n) is 6.46. The minimum absolute atomic E-state index is 0.115. The molecule has 0 spiro atoms. The maximum absolute atomic E-state index is 12.4. The first-order valence-electron chi connectivity index (χ1n) is 9.06. The Labute approximate surface area is 197 Å². The van der Waals surface area contributed by atoms with Crippen LogP contribution in [-0.4, -0.2) is 26.4 Å². The number of fused-ring (bicyclic) bond motifs is 1. The van der Waals surface area contributed by atoms with E-state index < -0.39 is 0 Å². The Morgan fingerprint density at radius 3 is 2.68 bits per heavy atom. The maximum Gasteiger partial charge on any atom is 0.234 e. The van der Waals surface area contributed by atoms with Crippen molar-refractivity contribution in [3.8, 4) is 11.6 Å². The lowest BCUT2D eigenvalue weighted by Crippen LogP contribution is -2.15. The summed E-state index contributed by atoms with van der Waals surface area (Å²) >= 11 is 19.3. The number of hydrogen-bond acceptors (Lipinski definition) is 5. The van der Waals surface area contributed by atoms with Crippen LogP contribution in [0.1, 0.15) is 0 Å². The Kier molecular flexibility index (Phi) is 6.57. The zero-order valence-electron chi connectivity index (χ0n) is 15.9. The monoisotopic (exact) mass is 492 g/mol. The van der Waals surface area contributed by atoms with Gasteiger partial charge in [-0.2, -0.15) is 0 Å². The van der Waals surface area contributed by atoms with Crippen LogP contribution in [0, 0.1) is 0 Å². The highest BCUT2D eigenvalue weighted by atomic mass is 35.5. The minimum atomic E-state index is -0.234. The van der Waals surface area contributed by atoms with E-state index in [9.17, 15) is 4.79 Å². The van der Waals surface area contributed by atoms with Crippen molar-refractivity contribution in [2.24, 2.45) is 0 Å². The van der Waals surface area contributed by atoms with Crippen LogP contribution in [0.15, 0.2) is 64.7 Å². The summed E-state index contributed by atoms with van der Waals surface area (Å²) in [6.07, 6.45) is 1.73. The molecule has 0 saturated heterocycles. The predicted molar refractivity (Wildman–Crippen MR) is 126 cm³/mol. The van der Waals surface area contributed by atoms with E-state index in [-0.39, 0.29) is 11.7 Å². The third kappa shape index (κ3) is 4.91. The standard InChI is InChI=1S/C21H15Cl3N4O2S/c1-2-7-28-20(18-9-12-8-13(22)4-6-17(12)30-18)26-27-21(28)31-11-19(29)25-16-5-3-14(23)10-15(16)24/h2-6,8-10H,1,7,11H2,(H,25,29). The van der Waals surface area contributed by atoms with Crippen LogP contribution in [-0.2, 0) is 11.3 Å². The van der Waals surface area contributed by atoms with Crippen molar-refractivity contribution in [2.45, 2.75) is 11.7 Å². The van der Waals surface area contributed by atoms with Crippen LogP contribution in [0.2, 0.25) is 15.1 Å². The van der Waals surface area contributed by atoms with Crippen LogP contribution >= 0.6 is 46.6 Å². The van der Waals surface area contributed by atoms with Gasteiger partial charge < -0.3 is 9.73 Å². The van der Waals surface area contributed by atoms with Gasteiger partial charge in [-0.25, -0.2) is 0 Å². The molecule has 2 heterocycles. The molecular formula is C21H15Cl3N4O2S. The molecule has 0 aliphatic rings. The van der Waals surface area contributed by atoms with Crippen molar-refractivity contribution in [1.29, 1.82) is 0 Å². The Morgan fingerprint density at radius 2 is 1.90 bits per heavy atom. The SMILES string of the molecule is C=CCn1c(SCC(=O)Nc2ccc(Cl)cc2Cl)nnc1-c1cc2cc(Cl)ccc2o1. The van der Waals surface area contributed by atoms with Crippen LogP contribution in [0.3, 0.4) is 0 Å². The topological polar surface area (TPSA) is 73.0 Å². The highest BCUT2D eigenvalue weighted by molar-refractivity contribution is 7.99. The molecule has 2 aromatic carbocycles. The smallest absolute Gasteiger partial charge is 0.234 e. The lowest BCUT2D eigenvalue weighted by atomic mass is 10.2. The summed E-state index contributed by atoms with van der Waals surface area (Å²) in [6, 6.07) is 12.1. The minimum Gasteiger partial charge on any atom is -0.453 e. The van der Waals surface area contributed by atoms with Gasteiger partial charge >= 0.3 is 0 Å². The van der Waals surface area contributed by atoms with Crippen LogP contribution in [0.4, 0.5) is 5.69 Å². The number of halogens is 3. The molecule has 0 radical (unpaired) electrons. The maximum atomic E-state index is 12.4. The van der Waals surface area contributed by atoms with Crippen molar-refractivity contribution in [2.75, 3.05) is 11.1 Å². The van der Waals surface area contributed by atoms with Gasteiger partial charge in [0.05, 0.1) is 16.5 Å². The number of benzene rings is 2. The van der Waals surface area contributed by atoms with E-state index in [1.165, 1.54) is 11.8 Å². The summed E-state index contributed by atoms with van der Waals surface area (Å²) < 4.78 is 7.74. The average Bonchev–Trinajstić information content (AvgIpc) is 3.32. The summed E-state index contributed by atoms with van der Waals surface area (Å²) in [5.74, 6) is 0.971. The normalized spacial score (nSPS) is 11.1. The van der Waals surface area contributed by atoms with Crippen molar-refractivity contribution < 1.29 is 9.21 Å². The van der Waals surface area contributed by atoms with Crippen LogP contribution in [0.25, 0.3) is 22.6 Å². The molecule has 0 saturated carbocycles. The van der Waals surface area contributed by atoms with Crippen molar-refractivity contribution >= 4 is 69.1 Å². The molecule has 1 amide bonds. The zero-order chi connectivity index (χ0) is 22.0. The molecule has 10 heteroatoms. The first-order valence-corrected chi connectivity index (χ1v) is 11.2. The summed E-state index contributed by atoms with van der Waals surface area (Å²) in [7, 11) is 0. The Bertz CT molecular complexity index is 1290. The molecule has 6 nitrogen and oxygen atoms in total. The van der Waals surface area contributed by atoms with E-state index >= 15 is 0 Å². The molecule has 2 aromatic heterocycles. The molecule has 0 bridgehead atoms. The van der Waals surface area contributed by atoms with E-state index in [0.29, 0.717) is 49.6 Å². The Balaban J connectivity index is 1.52. The molecule has 0 aliphatic heterocycles. The fraction of sp³-hybridized carbons (Fsp3) is 0.0952. The third-order valence-electron chi connectivity index (χ3n) is 4.26. The second-order valence-corrected chi connectivity index (χ2v) is 8.68. The van der Waals surface area contributed by atoms with Gasteiger partial charge in [-0.05, 0) is 42.5 Å². The molecule has 0 unspecified atom stereocenters. The average molecular weight is 494 g/mol. The molecular weight excluding hydrogens is 479 g/mol. The summed E-state index contributed by atoms with van der Waals surface area (Å²) in [5.41, 5.74) is 1.19. The van der Waals surface area contributed by atoms with E-state index in [2.05, 4.69) is 22.1 Å². The number of furan rings is 1. The number of nitrogens with one attached hydrogen (secondary N) is 1. The molecule has 0 fully saturated rings. The van der Waals surface area contributed by atoms with Gasteiger partial charge in [0, 0.05) is 22.0 Å². The number of carbonyl (C=O) groups excluding carboxylic acids is 1. The third-order valence-corrected chi connectivity index (χ3v) is 6.01. The molecule has 4 rings (SSSR count). The van der Waals surface area contributed by atoms with E-state index in [0.717, 1.165) is 5.39 Å².